The number of rotatable bonds is 2. The molecule has 0 fully saturated rings. The number of aromatic nitrogens is 2. The maximum Gasteiger partial charge on any atom is 0.177 e. The molecule has 0 radical (unpaired) electrons. The van der Waals surface area contributed by atoms with Gasteiger partial charge < -0.3 is 4.98 Å². The number of aliphatic imine (C=N–C) groups is 1. The predicted octanol–water partition coefficient (Wildman–Crippen LogP) is 2.42. The molecular weight excluding hydrogens is 170 g/mol. The van der Waals surface area contributed by atoms with Crippen LogP contribution in [0.3, 0.4) is 0 Å². The highest BCUT2D eigenvalue weighted by molar-refractivity contribution is 7.84. The molecule has 1 aromatic heterocycles. The van der Waals surface area contributed by atoms with Crippen molar-refractivity contribution in [2.45, 2.75) is 13.8 Å². The predicted molar refractivity (Wildman–Crippen MR) is 55.1 cm³/mol. The zero-order chi connectivity index (χ0) is 8.97. The van der Waals surface area contributed by atoms with E-state index in [0.717, 1.165) is 10.6 Å². The second-order valence-corrected chi connectivity index (χ2v) is 3.02. The Morgan fingerprint density at radius 2 is 2.50 bits per heavy atom. The fourth-order valence-electron chi connectivity index (χ4n) is 0.837. The van der Waals surface area contributed by atoms with Crippen LogP contribution in [0, 0.1) is 0 Å². The number of nitrogens with one attached hydrogen (secondary N) is 1. The van der Waals surface area contributed by atoms with Crippen LogP contribution in [0.15, 0.2) is 16.2 Å². The first-order valence-corrected chi connectivity index (χ1v) is 4.08. The Balaban J connectivity index is 2.99. The molecule has 4 heteroatoms. The minimum atomic E-state index is 0.700. The molecular formula is C8H11N3S. The topological polar surface area (TPSA) is 41.0 Å². The van der Waals surface area contributed by atoms with E-state index in [1.165, 1.54) is 0 Å². The van der Waals surface area contributed by atoms with E-state index < -0.39 is 0 Å². The summed E-state index contributed by atoms with van der Waals surface area (Å²) in [5.74, 6) is 0.700. The lowest BCUT2D eigenvalue weighted by atomic mass is 10.4. The van der Waals surface area contributed by atoms with E-state index in [2.05, 4.69) is 27.6 Å². The van der Waals surface area contributed by atoms with Gasteiger partial charge in [-0.05, 0) is 24.8 Å². The molecule has 0 amide bonds. The van der Waals surface area contributed by atoms with Gasteiger partial charge in [-0.15, -0.1) is 12.6 Å². The average Bonchev–Trinajstić information content (AvgIpc) is 2.37. The highest BCUT2D eigenvalue weighted by Crippen LogP contribution is 2.17. The average molecular weight is 181 g/mol. The lowest BCUT2D eigenvalue weighted by Gasteiger charge is -1.90. The van der Waals surface area contributed by atoms with Crippen LogP contribution in [0.1, 0.15) is 19.5 Å². The van der Waals surface area contributed by atoms with Crippen molar-refractivity contribution in [1.29, 1.82) is 0 Å². The summed E-state index contributed by atoms with van der Waals surface area (Å²) >= 11 is 4.16. The van der Waals surface area contributed by atoms with Crippen LogP contribution in [0.25, 0.3) is 6.08 Å². The number of imidazole rings is 1. The molecule has 0 spiro atoms. The molecule has 1 rings (SSSR count). The van der Waals surface area contributed by atoms with E-state index in [0.29, 0.717) is 5.82 Å². The number of thiol groups is 1. The molecule has 3 nitrogen and oxygen atoms in total. The van der Waals surface area contributed by atoms with E-state index in [1.807, 2.05) is 19.9 Å². The van der Waals surface area contributed by atoms with Gasteiger partial charge in [0.15, 0.2) is 5.82 Å². The molecule has 12 heavy (non-hydrogen) atoms. The highest BCUT2D eigenvalue weighted by Gasteiger charge is 1.98. The summed E-state index contributed by atoms with van der Waals surface area (Å²) < 4.78 is 0. The van der Waals surface area contributed by atoms with Crippen LogP contribution in [0.5, 0.6) is 0 Å². The monoisotopic (exact) mass is 181 g/mol. The molecule has 0 saturated carbocycles. The minimum absolute atomic E-state index is 0.700. The molecule has 0 unspecified atom stereocenters. The van der Waals surface area contributed by atoms with Crippen molar-refractivity contribution < 1.29 is 0 Å². The van der Waals surface area contributed by atoms with Gasteiger partial charge in [0.05, 0.1) is 12.0 Å². The first-order chi connectivity index (χ1) is 5.74. The number of hydrogen-bond acceptors (Lipinski definition) is 3. The molecule has 1 N–H and O–H groups in total. The van der Waals surface area contributed by atoms with Gasteiger partial charge in [-0.25, -0.2) is 9.98 Å². The van der Waals surface area contributed by atoms with E-state index in [1.54, 1.807) is 12.5 Å². The van der Waals surface area contributed by atoms with Gasteiger partial charge in [-0.3, -0.25) is 0 Å². The van der Waals surface area contributed by atoms with Crippen molar-refractivity contribution >= 4 is 30.7 Å². The van der Waals surface area contributed by atoms with Crippen molar-refractivity contribution in [1.82, 2.24) is 9.97 Å². The number of aromatic amines is 1. The molecule has 0 aliphatic heterocycles. The Kier molecular flexibility index (Phi) is 3.10. The fourth-order valence-corrected chi connectivity index (χ4v) is 0.966. The third-order valence-corrected chi connectivity index (χ3v) is 1.38. The Morgan fingerprint density at radius 3 is 3.08 bits per heavy atom. The summed E-state index contributed by atoms with van der Waals surface area (Å²) in [6.45, 7) is 3.76. The molecule has 0 atom stereocenters. The largest absolute Gasteiger partial charge is 0.343 e. The molecule has 0 aliphatic rings. The van der Waals surface area contributed by atoms with Gasteiger partial charge in [-0.2, -0.15) is 0 Å². The van der Waals surface area contributed by atoms with Crippen molar-refractivity contribution in [3.63, 3.8) is 0 Å². The van der Waals surface area contributed by atoms with Gasteiger partial charge in [0.2, 0.25) is 0 Å². The van der Waals surface area contributed by atoms with E-state index in [4.69, 9.17) is 0 Å². The minimum Gasteiger partial charge on any atom is -0.343 e. The van der Waals surface area contributed by atoms with Crippen LogP contribution in [-0.2, 0) is 0 Å². The maximum atomic E-state index is 4.16. The van der Waals surface area contributed by atoms with E-state index in [-0.39, 0.29) is 0 Å². The second-order valence-electron chi connectivity index (χ2n) is 2.31. The van der Waals surface area contributed by atoms with E-state index >= 15 is 0 Å². The lowest BCUT2D eigenvalue weighted by molar-refractivity contribution is 1.30. The van der Waals surface area contributed by atoms with Gasteiger partial charge in [0.25, 0.3) is 0 Å². The summed E-state index contributed by atoms with van der Waals surface area (Å²) in [7, 11) is 0. The molecule has 0 aliphatic carbocycles. The first-order valence-electron chi connectivity index (χ1n) is 3.63. The lowest BCUT2D eigenvalue weighted by Crippen LogP contribution is -1.72. The van der Waals surface area contributed by atoms with Crippen molar-refractivity contribution in [3.8, 4) is 0 Å². The number of hydrogen-bond donors (Lipinski definition) is 2. The summed E-state index contributed by atoms with van der Waals surface area (Å²) in [6.07, 6.45) is 5.21. The Labute approximate surface area is 77.0 Å². The smallest absolute Gasteiger partial charge is 0.177 e. The van der Waals surface area contributed by atoms with Gasteiger partial charge in [-0.1, -0.05) is 0 Å². The van der Waals surface area contributed by atoms with Gasteiger partial charge in [0, 0.05) is 6.21 Å². The summed E-state index contributed by atoms with van der Waals surface area (Å²) in [5.41, 5.74) is 0.889. The highest BCUT2D eigenvalue weighted by atomic mass is 32.1. The third-order valence-electron chi connectivity index (χ3n) is 1.25. The summed E-state index contributed by atoms with van der Waals surface area (Å²) in [6, 6.07) is 0. The third kappa shape index (κ3) is 2.23. The molecule has 1 aromatic rings. The Hall–Kier alpha value is -1.03. The van der Waals surface area contributed by atoms with Crippen molar-refractivity contribution in [2.75, 3.05) is 0 Å². The van der Waals surface area contributed by atoms with Crippen LogP contribution in [0.2, 0.25) is 0 Å². The molecule has 1 heterocycles. The van der Waals surface area contributed by atoms with Crippen molar-refractivity contribution in [2.24, 2.45) is 4.99 Å². The fraction of sp³-hybridized carbons (Fsp3) is 0.250. The second kappa shape index (κ2) is 4.11. The molecule has 0 aromatic carbocycles. The van der Waals surface area contributed by atoms with Crippen LogP contribution >= 0.6 is 12.6 Å². The molecule has 0 saturated heterocycles. The van der Waals surface area contributed by atoms with E-state index in [9.17, 15) is 0 Å². The van der Waals surface area contributed by atoms with Gasteiger partial charge in [0.1, 0.15) is 0 Å². The summed E-state index contributed by atoms with van der Waals surface area (Å²) in [5, 5.41) is 0. The zero-order valence-electron chi connectivity index (χ0n) is 7.07. The van der Waals surface area contributed by atoms with Crippen molar-refractivity contribution in [3.05, 3.63) is 16.9 Å². The van der Waals surface area contributed by atoms with Crippen LogP contribution in [-0.4, -0.2) is 16.2 Å². The molecule has 0 bridgehead atoms. The quantitative estimate of drug-likeness (QED) is 0.534. The Morgan fingerprint density at radius 1 is 1.75 bits per heavy atom. The standard InChI is InChI=1S/C8H11N3S/c1-3-9-8-7(4-6(2)12)10-5-11-8/h3-5,12H,1-2H3,(H,10,11)/b6-4+,9-3?. The summed E-state index contributed by atoms with van der Waals surface area (Å²) in [4.78, 5) is 12.0. The normalized spacial score (nSPS) is 12.8. The Bertz CT molecular complexity index is 308. The van der Waals surface area contributed by atoms with Crippen LogP contribution < -0.4 is 0 Å². The van der Waals surface area contributed by atoms with Gasteiger partial charge >= 0.3 is 0 Å². The maximum absolute atomic E-state index is 4.16. The zero-order valence-corrected chi connectivity index (χ0v) is 7.97. The number of H-pyrrole nitrogens is 1. The first kappa shape index (κ1) is 9.06. The number of nitrogens with zero attached hydrogens (tertiary/aromatic N) is 2. The molecule has 64 valence electrons. The van der Waals surface area contributed by atoms with Crippen LogP contribution in [0.4, 0.5) is 5.82 Å². The SMILES string of the molecule is CC=Nc1nc[nH]c1/C=C(\C)S. The number of allylic oxidation sites excluding steroid dienone is 1.